The normalized spacial score (nSPS) is 12.8. The van der Waals surface area contributed by atoms with Crippen LogP contribution in [-0.2, 0) is 12.8 Å². The molecule has 0 aliphatic heterocycles. The molecule has 0 saturated heterocycles. The van der Waals surface area contributed by atoms with E-state index in [1.54, 1.807) is 0 Å². The van der Waals surface area contributed by atoms with Crippen LogP contribution in [0.15, 0.2) is 97.1 Å². The Morgan fingerprint density at radius 2 is 0.800 bits per heavy atom. The highest BCUT2D eigenvalue weighted by Gasteiger charge is 2.16. The van der Waals surface area contributed by atoms with Crippen LogP contribution in [0.1, 0.15) is 33.4 Å². The summed E-state index contributed by atoms with van der Waals surface area (Å²) >= 11 is 0. The van der Waals surface area contributed by atoms with Crippen molar-refractivity contribution >= 4 is 24.3 Å². The predicted octanol–water partition coefficient (Wildman–Crippen LogP) is 7.79. The van der Waals surface area contributed by atoms with E-state index in [9.17, 15) is 0 Å². The van der Waals surface area contributed by atoms with Crippen LogP contribution in [0, 0.1) is 0 Å². The number of hydrogen-bond donors (Lipinski definition) is 0. The van der Waals surface area contributed by atoms with Gasteiger partial charge in [-0.3, -0.25) is 0 Å². The maximum absolute atomic E-state index is 2.35. The molecule has 144 valence electrons. The third-order valence-electron chi connectivity index (χ3n) is 5.75. The van der Waals surface area contributed by atoms with Crippen molar-refractivity contribution in [1.82, 2.24) is 0 Å². The van der Waals surface area contributed by atoms with E-state index in [4.69, 9.17) is 0 Å². The summed E-state index contributed by atoms with van der Waals surface area (Å²) in [6.45, 7) is 0. The molecule has 5 rings (SSSR count). The number of benzene rings is 4. The second-order valence-corrected chi connectivity index (χ2v) is 7.82. The molecule has 0 heteroatoms. The van der Waals surface area contributed by atoms with Gasteiger partial charge in [0, 0.05) is 0 Å². The minimum Gasteiger partial charge on any atom is -0.0622 e. The molecule has 0 amide bonds. The van der Waals surface area contributed by atoms with Crippen molar-refractivity contribution in [2.75, 3.05) is 0 Å². The average Bonchev–Trinajstić information content (AvgIpc) is 2.82. The molecular formula is C30H24. The molecule has 0 spiro atoms. The fourth-order valence-corrected chi connectivity index (χ4v) is 4.16. The topological polar surface area (TPSA) is 0 Å². The summed E-state index contributed by atoms with van der Waals surface area (Å²) in [6.07, 6.45) is 11.0. The van der Waals surface area contributed by atoms with Crippen LogP contribution in [0.2, 0.25) is 0 Å². The highest BCUT2D eigenvalue weighted by atomic mass is 14.2. The lowest BCUT2D eigenvalue weighted by molar-refractivity contribution is 0.941. The summed E-state index contributed by atoms with van der Waals surface area (Å²) in [5.41, 5.74) is 10.7. The van der Waals surface area contributed by atoms with Gasteiger partial charge in [0.15, 0.2) is 0 Å². The largest absolute Gasteiger partial charge is 0.0622 e. The van der Waals surface area contributed by atoms with Crippen molar-refractivity contribution < 1.29 is 0 Å². The lowest BCUT2D eigenvalue weighted by Gasteiger charge is -2.21. The van der Waals surface area contributed by atoms with Crippen molar-refractivity contribution in [1.29, 1.82) is 0 Å². The van der Waals surface area contributed by atoms with Gasteiger partial charge in [0.2, 0.25) is 0 Å². The van der Waals surface area contributed by atoms with Gasteiger partial charge in [-0.05, 0) is 57.3 Å². The number of aryl methyl sites for hydroxylation is 2. The number of hydrogen-bond acceptors (Lipinski definition) is 0. The fraction of sp³-hybridized carbons (Fsp3) is 0.0667. The van der Waals surface area contributed by atoms with E-state index < -0.39 is 0 Å². The Hall–Kier alpha value is -3.64. The Morgan fingerprint density at radius 3 is 1.23 bits per heavy atom. The summed E-state index contributed by atoms with van der Waals surface area (Å²) in [4.78, 5) is 0. The minimum absolute atomic E-state index is 1.10. The average molecular weight is 385 g/mol. The smallest absolute Gasteiger partial charge is 0.0149 e. The summed E-state index contributed by atoms with van der Waals surface area (Å²) in [5, 5.41) is 0. The zero-order chi connectivity index (χ0) is 20.2. The Balaban J connectivity index is 1.39. The Morgan fingerprint density at radius 1 is 0.400 bits per heavy atom. The summed E-state index contributed by atoms with van der Waals surface area (Å²) in [6, 6.07) is 34.7. The highest BCUT2D eigenvalue weighted by Crippen LogP contribution is 2.35. The Kier molecular flexibility index (Phi) is 5.14. The lowest BCUT2D eigenvalue weighted by atomic mass is 9.84. The van der Waals surface area contributed by atoms with E-state index in [2.05, 4.69) is 121 Å². The lowest BCUT2D eigenvalue weighted by Crippen LogP contribution is -2.04. The molecule has 0 heterocycles. The maximum atomic E-state index is 2.35. The van der Waals surface area contributed by atoms with E-state index >= 15 is 0 Å². The van der Waals surface area contributed by atoms with Gasteiger partial charge in [0.25, 0.3) is 0 Å². The van der Waals surface area contributed by atoms with Crippen LogP contribution in [0.5, 0.6) is 0 Å². The molecule has 0 fully saturated rings. The second-order valence-electron chi connectivity index (χ2n) is 7.82. The van der Waals surface area contributed by atoms with Gasteiger partial charge in [-0.1, -0.05) is 121 Å². The zero-order valence-corrected chi connectivity index (χ0v) is 17.0. The molecule has 4 aromatic carbocycles. The molecule has 30 heavy (non-hydrogen) atoms. The van der Waals surface area contributed by atoms with Crippen LogP contribution >= 0.6 is 0 Å². The molecule has 1 aliphatic rings. The standard InChI is InChI=1S/C30H24/c1-3-7-23(8-4-1)11-13-25-15-19-29-27(21-25)17-18-28-22-26(16-20-30(28)29)14-12-24-9-5-2-6-10-24/h1-16,19-22H,17-18H2. The van der Waals surface area contributed by atoms with Crippen molar-refractivity contribution in [3.05, 3.63) is 130 Å². The van der Waals surface area contributed by atoms with Gasteiger partial charge < -0.3 is 0 Å². The van der Waals surface area contributed by atoms with Gasteiger partial charge in [-0.15, -0.1) is 0 Å². The van der Waals surface area contributed by atoms with Crippen molar-refractivity contribution in [2.24, 2.45) is 0 Å². The molecule has 0 aromatic heterocycles. The van der Waals surface area contributed by atoms with E-state index in [-0.39, 0.29) is 0 Å². The van der Waals surface area contributed by atoms with Gasteiger partial charge in [0.1, 0.15) is 0 Å². The molecule has 0 nitrogen and oxygen atoms in total. The number of rotatable bonds is 4. The molecule has 4 aromatic rings. The summed E-state index contributed by atoms with van der Waals surface area (Å²) in [5.74, 6) is 0. The maximum Gasteiger partial charge on any atom is -0.0149 e. The van der Waals surface area contributed by atoms with E-state index in [1.807, 2.05) is 0 Å². The second kappa shape index (κ2) is 8.39. The Bertz CT molecular complexity index is 1110. The third-order valence-corrected chi connectivity index (χ3v) is 5.75. The molecule has 0 N–H and O–H groups in total. The van der Waals surface area contributed by atoms with Crippen molar-refractivity contribution in [2.45, 2.75) is 12.8 Å². The van der Waals surface area contributed by atoms with E-state index in [0.717, 1.165) is 12.8 Å². The molecule has 0 saturated carbocycles. The third kappa shape index (κ3) is 4.04. The summed E-state index contributed by atoms with van der Waals surface area (Å²) in [7, 11) is 0. The first-order chi connectivity index (χ1) is 14.8. The fourth-order valence-electron chi connectivity index (χ4n) is 4.16. The molecule has 0 unspecified atom stereocenters. The first-order valence-corrected chi connectivity index (χ1v) is 10.6. The van der Waals surface area contributed by atoms with Crippen molar-refractivity contribution in [3.63, 3.8) is 0 Å². The molecular weight excluding hydrogens is 360 g/mol. The first-order valence-electron chi connectivity index (χ1n) is 10.6. The van der Waals surface area contributed by atoms with E-state index in [1.165, 1.54) is 44.5 Å². The van der Waals surface area contributed by atoms with Gasteiger partial charge in [0.05, 0.1) is 0 Å². The first kappa shape index (κ1) is 18.4. The monoisotopic (exact) mass is 384 g/mol. The zero-order valence-electron chi connectivity index (χ0n) is 17.0. The van der Waals surface area contributed by atoms with Crippen LogP contribution in [0.3, 0.4) is 0 Å². The van der Waals surface area contributed by atoms with Crippen LogP contribution in [-0.4, -0.2) is 0 Å². The van der Waals surface area contributed by atoms with Crippen molar-refractivity contribution in [3.8, 4) is 11.1 Å². The van der Waals surface area contributed by atoms with Gasteiger partial charge >= 0.3 is 0 Å². The molecule has 0 atom stereocenters. The van der Waals surface area contributed by atoms with Crippen LogP contribution < -0.4 is 0 Å². The van der Waals surface area contributed by atoms with E-state index in [0.29, 0.717) is 0 Å². The minimum atomic E-state index is 1.10. The predicted molar refractivity (Wildman–Crippen MR) is 130 cm³/mol. The Labute approximate surface area is 178 Å². The molecule has 0 radical (unpaired) electrons. The SMILES string of the molecule is C(=Cc1ccc2c(c1)CCc1cc(C=Cc3ccccc3)ccc1-2)c1ccccc1. The summed E-state index contributed by atoms with van der Waals surface area (Å²) < 4.78 is 0. The van der Waals surface area contributed by atoms with Gasteiger partial charge in [-0.25, -0.2) is 0 Å². The quantitative estimate of drug-likeness (QED) is 0.315. The van der Waals surface area contributed by atoms with Crippen LogP contribution in [0.25, 0.3) is 35.4 Å². The molecule has 0 bridgehead atoms. The number of fused-ring (bicyclic) bond motifs is 3. The highest BCUT2D eigenvalue weighted by molar-refractivity contribution is 5.79. The van der Waals surface area contributed by atoms with Crippen LogP contribution in [0.4, 0.5) is 0 Å². The van der Waals surface area contributed by atoms with Gasteiger partial charge in [-0.2, -0.15) is 0 Å². The molecule has 1 aliphatic carbocycles.